The van der Waals surface area contributed by atoms with Gasteiger partial charge in [0.1, 0.15) is 0 Å². The molecule has 6 heteroatoms. The molecule has 0 radical (unpaired) electrons. The largest absolute Gasteiger partial charge is 0.379 e. The first-order valence-electron chi connectivity index (χ1n) is 10.3. The van der Waals surface area contributed by atoms with Crippen LogP contribution >= 0.6 is 0 Å². The van der Waals surface area contributed by atoms with Gasteiger partial charge in [0.05, 0.1) is 13.2 Å². The highest BCUT2D eigenvalue weighted by Crippen LogP contribution is 2.33. The van der Waals surface area contributed by atoms with Crippen LogP contribution in [0, 0.1) is 5.41 Å². The third-order valence-electron chi connectivity index (χ3n) is 5.75. The van der Waals surface area contributed by atoms with Crippen LogP contribution in [0.1, 0.15) is 46.0 Å². The van der Waals surface area contributed by atoms with Crippen LogP contribution in [-0.2, 0) is 4.74 Å². The van der Waals surface area contributed by atoms with Gasteiger partial charge in [-0.25, -0.2) is 0 Å². The lowest BCUT2D eigenvalue weighted by Crippen LogP contribution is -2.60. The molecule has 1 aliphatic carbocycles. The van der Waals surface area contributed by atoms with Crippen LogP contribution in [0.5, 0.6) is 0 Å². The molecule has 0 unspecified atom stereocenters. The molecular formula is C20H41N5O. The Morgan fingerprint density at radius 1 is 1.12 bits per heavy atom. The average molecular weight is 368 g/mol. The van der Waals surface area contributed by atoms with Gasteiger partial charge in [-0.2, -0.15) is 0 Å². The number of hydrogen-bond acceptors (Lipinski definition) is 4. The maximum absolute atomic E-state index is 5.59. The molecule has 0 aromatic heterocycles. The summed E-state index contributed by atoms with van der Waals surface area (Å²) in [7, 11) is 6.13. The highest BCUT2D eigenvalue weighted by Gasteiger charge is 2.38. The first kappa shape index (κ1) is 21.5. The molecule has 0 spiro atoms. The van der Waals surface area contributed by atoms with E-state index in [4.69, 9.17) is 4.74 Å². The van der Waals surface area contributed by atoms with Crippen molar-refractivity contribution in [2.45, 2.75) is 51.5 Å². The van der Waals surface area contributed by atoms with Crippen molar-refractivity contribution in [1.29, 1.82) is 0 Å². The second-order valence-electron chi connectivity index (χ2n) is 9.07. The minimum atomic E-state index is 0.202. The van der Waals surface area contributed by atoms with E-state index < -0.39 is 0 Å². The van der Waals surface area contributed by atoms with Crippen LogP contribution in [-0.4, -0.2) is 88.4 Å². The van der Waals surface area contributed by atoms with E-state index >= 15 is 0 Å². The minimum absolute atomic E-state index is 0.202. The molecule has 0 atom stereocenters. The number of aliphatic imine (C=N–C) groups is 1. The fourth-order valence-corrected chi connectivity index (χ4v) is 4.56. The van der Waals surface area contributed by atoms with Gasteiger partial charge in [0.15, 0.2) is 5.96 Å². The van der Waals surface area contributed by atoms with Crippen LogP contribution in [0.15, 0.2) is 4.99 Å². The van der Waals surface area contributed by atoms with Crippen molar-refractivity contribution in [1.82, 2.24) is 20.4 Å². The Bertz CT molecular complexity index is 437. The summed E-state index contributed by atoms with van der Waals surface area (Å²) in [6.45, 7) is 11.4. The Kier molecular flexibility index (Phi) is 8.17. The van der Waals surface area contributed by atoms with Gasteiger partial charge in [-0.05, 0) is 32.4 Å². The maximum atomic E-state index is 5.59. The van der Waals surface area contributed by atoms with E-state index in [-0.39, 0.29) is 11.0 Å². The molecular weight excluding hydrogens is 326 g/mol. The van der Waals surface area contributed by atoms with Crippen LogP contribution in [0.25, 0.3) is 0 Å². The Labute approximate surface area is 160 Å². The molecule has 1 saturated heterocycles. The van der Waals surface area contributed by atoms with E-state index in [9.17, 15) is 0 Å². The Morgan fingerprint density at radius 3 is 2.35 bits per heavy atom. The SMILES string of the molecule is CN=C(NCC(C)(C)CN(C)C)NCC1(N2CCOCC2)CCCCC1. The normalized spacial score (nSPS) is 22.5. The summed E-state index contributed by atoms with van der Waals surface area (Å²) in [6, 6.07) is 0. The summed E-state index contributed by atoms with van der Waals surface area (Å²) in [5.74, 6) is 0.926. The Morgan fingerprint density at radius 2 is 1.77 bits per heavy atom. The summed E-state index contributed by atoms with van der Waals surface area (Å²) >= 11 is 0. The number of nitrogens with one attached hydrogen (secondary N) is 2. The number of nitrogens with zero attached hydrogens (tertiary/aromatic N) is 3. The Balaban J connectivity index is 1.91. The van der Waals surface area contributed by atoms with E-state index in [2.05, 4.69) is 53.4 Å². The first-order chi connectivity index (χ1) is 12.4. The monoisotopic (exact) mass is 367 g/mol. The molecule has 1 aliphatic heterocycles. The van der Waals surface area contributed by atoms with Gasteiger partial charge in [0.2, 0.25) is 0 Å². The predicted molar refractivity (Wildman–Crippen MR) is 110 cm³/mol. The van der Waals surface area contributed by atoms with E-state index in [1.165, 1.54) is 32.1 Å². The van der Waals surface area contributed by atoms with Gasteiger partial charge in [-0.3, -0.25) is 9.89 Å². The molecule has 26 heavy (non-hydrogen) atoms. The van der Waals surface area contributed by atoms with Gasteiger partial charge in [0.25, 0.3) is 0 Å². The molecule has 1 saturated carbocycles. The molecule has 2 rings (SSSR count). The van der Waals surface area contributed by atoms with Crippen molar-refractivity contribution in [3.8, 4) is 0 Å². The molecule has 2 fully saturated rings. The first-order valence-corrected chi connectivity index (χ1v) is 10.3. The molecule has 152 valence electrons. The van der Waals surface area contributed by atoms with Crippen molar-refractivity contribution >= 4 is 5.96 Å². The molecule has 2 aliphatic rings. The van der Waals surface area contributed by atoms with Crippen LogP contribution < -0.4 is 10.6 Å². The fourth-order valence-electron chi connectivity index (χ4n) is 4.56. The highest BCUT2D eigenvalue weighted by atomic mass is 16.5. The summed E-state index contributed by atoms with van der Waals surface area (Å²) in [4.78, 5) is 9.38. The van der Waals surface area contributed by atoms with E-state index in [0.29, 0.717) is 0 Å². The molecule has 0 amide bonds. The van der Waals surface area contributed by atoms with Gasteiger partial charge >= 0.3 is 0 Å². The van der Waals surface area contributed by atoms with Crippen molar-refractivity contribution in [2.24, 2.45) is 10.4 Å². The summed E-state index contributed by atoms with van der Waals surface area (Å²) in [5, 5.41) is 7.19. The quantitative estimate of drug-likeness (QED) is 0.531. The van der Waals surface area contributed by atoms with E-state index in [1.807, 2.05) is 7.05 Å². The summed E-state index contributed by atoms with van der Waals surface area (Å²) in [6.07, 6.45) is 6.60. The molecule has 0 bridgehead atoms. The summed E-state index contributed by atoms with van der Waals surface area (Å²) in [5.41, 5.74) is 0.465. The third-order valence-corrected chi connectivity index (χ3v) is 5.75. The standard InChI is InChI=1S/C20H41N5O/c1-19(2,17-24(4)5)15-22-18(21-3)23-16-20(9-7-6-8-10-20)25-11-13-26-14-12-25/h6-17H2,1-5H3,(H2,21,22,23). The van der Waals surface area contributed by atoms with Gasteiger partial charge < -0.3 is 20.3 Å². The zero-order valence-corrected chi connectivity index (χ0v) is 17.7. The maximum Gasteiger partial charge on any atom is 0.191 e. The predicted octanol–water partition coefficient (Wildman–Crippen LogP) is 1.77. The second kappa shape index (κ2) is 9.90. The third kappa shape index (κ3) is 6.39. The molecule has 0 aromatic carbocycles. The van der Waals surface area contributed by atoms with Crippen molar-refractivity contribution < 1.29 is 4.74 Å². The van der Waals surface area contributed by atoms with Crippen LogP contribution in [0.4, 0.5) is 0 Å². The van der Waals surface area contributed by atoms with Crippen LogP contribution in [0.3, 0.4) is 0 Å². The van der Waals surface area contributed by atoms with Gasteiger partial charge in [-0.1, -0.05) is 33.1 Å². The summed E-state index contributed by atoms with van der Waals surface area (Å²) < 4.78 is 5.59. The smallest absolute Gasteiger partial charge is 0.191 e. The second-order valence-corrected chi connectivity index (χ2v) is 9.07. The van der Waals surface area contributed by atoms with Crippen molar-refractivity contribution in [2.75, 3.05) is 67.1 Å². The molecule has 1 heterocycles. The lowest BCUT2D eigenvalue weighted by Gasteiger charge is -2.48. The van der Waals surface area contributed by atoms with Gasteiger partial charge in [0, 0.05) is 45.3 Å². The highest BCUT2D eigenvalue weighted by molar-refractivity contribution is 5.79. The number of morpholine rings is 1. The fraction of sp³-hybridized carbons (Fsp3) is 0.950. The zero-order valence-electron chi connectivity index (χ0n) is 17.7. The Hall–Kier alpha value is -0.850. The topological polar surface area (TPSA) is 52.1 Å². The van der Waals surface area contributed by atoms with Crippen molar-refractivity contribution in [3.05, 3.63) is 0 Å². The van der Waals surface area contributed by atoms with E-state index in [1.54, 1.807) is 0 Å². The lowest BCUT2D eigenvalue weighted by molar-refractivity contribution is -0.0352. The average Bonchev–Trinajstić information content (AvgIpc) is 2.62. The van der Waals surface area contributed by atoms with E-state index in [0.717, 1.165) is 51.9 Å². The lowest BCUT2D eigenvalue weighted by atomic mass is 9.80. The molecule has 0 aromatic rings. The van der Waals surface area contributed by atoms with Gasteiger partial charge in [-0.15, -0.1) is 0 Å². The number of guanidine groups is 1. The molecule has 6 nitrogen and oxygen atoms in total. The molecule has 2 N–H and O–H groups in total. The van der Waals surface area contributed by atoms with Crippen molar-refractivity contribution in [3.63, 3.8) is 0 Å². The number of ether oxygens (including phenoxy) is 1. The van der Waals surface area contributed by atoms with Crippen LogP contribution in [0.2, 0.25) is 0 Å². The number of rotatable bonds is 7. The minimum Gasteiger partial charge on any atom is -0.379 e. The number of hydrogen-bond donors (Lipinski definition) is 2. The zero-order chi connectivity index (χ0) is 19.0.